The predicted octanol–water partition coefficient (Wildman–Crippen LogP) is 1.68. The number of aromatic amines is 1. The van der Waals surface area contributed by atoms with Gasteiger partial charge in [-0.15, -0.1) is 0 Å². The van der Waals surface area contributed by atoms with Crippen molar-refractivity contribution in [1.29, 1.82) is 0 Å². The van der Waals surface area contributed by atoms with Gasteiger partial charge in [-0.25, -0.2) is 0 Å². The number of benzene rings is 1. The van der Waals surface area contributed by atoms with Crippen molar-refractivity contribution in [1.82, 2.24) is 20.4 Å². The first kappa shape index (κ1) is 15.3. The molecule has 0 saturated heterocycles. The summed E-state index contributed by atoms with van der Waals surface area (Å²) in [6.45, 7) is 0.484. The third kappa shape index (κ3) is 3.97. The van der Waals surface area contributed by atoms with Gasteiger partial charge in [-0.2, -0.15) is 5.10 Å². The van der Waals surface area contributed by atoms with Crippen molar-refractivity contribution in [3.63, 3.8) is 0 Å². The number of carbonyl (C=O) groups is 2. The average Bonchev–Trinajstić information content (AvgIpc) is 3.30. The Bertz CT molecular complexity index is 692. The van der Waals surface area contributed by atoms with Crippen LogP contribution >= 0.6 is 0 Å². The molecule has 3 rings (SSSR count). The van der Waals surface area contributed by atoms with Gasteiger partial charge in [-0.1, -0.05) is 30.3 Å². The highest BCUT2D eigenvalue weighted by Crippen LogP contribution is 2.38. The van der Waals surface area contributed by atoms with Crippen LogP contribution in [0.5, 0.6) is 0 Å². The average molecular weight is 312 g/mol. The number of rotatable bonds is 6. The highest BCUT2D eigenvalue weighted by atomic mass is 16.2. The fourth-order valence-corrected chi connectivity index (χ4v) is 2.38. The highest BCUT2D eigenvalue weighted by Gasteiger charge is 2.26. The molecule has 0 atom stereocenters. The molecule has 1 aliphatic rings. The van der Waals surface area contributed by atoms with Crippen LogP contribution in [0.1, 0.15) is 40.5 Å². The molecule has 0 radical (unpaired) electrons. The molecule has 0 spiro atoms. The third-order valence-corrected chi connectivity index (χ3v) is 3.94. The normalized spacial score (nSPS) is 13.6. The Labute approximate surface area is 134 Å². The van der Waals surface area contributed by atoms with Crippen LogP contribution in [0.2, 0.25) is 0 Å². The van der Waals surface area contributed by atoms with Crippen LogP contribution in [-0.2, 0) is 11.3 Å². The van der Waals surface area contributed by atoms with Crippen molar-refractivity contribution in [2.24, 2.45) is 0 Å². The molecular formula is C17H20N4O2. The largest absolute Gasteiger partial charge is 0.342 e. The molecule has 1 saturated carbocycles. The molecule has 2 amide bonds. The van der Waals surface area contributed by atoms with Crippen LogP contribution in [0.3, 0.4) is 0 Å². The molecule has 1 heterocycles. The van der Waals surface area contributed by atoms with Gasteiger partial charge in [-0.05, 0) is 24.5 Å². The number of carbonyl (C=O) groups excluding carboxylic acids is 2. The summed E-state index contributed by atoms with van der Waals surface area (Å²) >= 11 is 0. The van der Waals surface area contributed by atoms with Crippen LogP contribution in [-0.4, -0.2) is 40.5 Å². The van der Waals surface area contributed by atoms with E-state index in [2.05, 4.69) is 15.5 Å². The minimum absolute atomic E-state index is 0.0339. The Hall–Kier alpha value is -2.63. The summed E-state index contributed by atoms with van der Waals surface area (Å²) in [5.74, 6) is 0.0532. The molecule has 2 aromatic rings. The van der Waals surface area contributed by atoms with Crippen molar-refractivity contribution >= 4 is 11.8 Å². The predicted molar refractivity (Wildman–Crippen MR) is 85.8 cm³/mol. The maximum absolute atomic E-state index is 12.1. The zero-order valence-electron chi connectivity index (χ0n) is 13.1. The quantitative estimate of drug-likeness (QED) is 0.852. The van der Waals surface area contributed by atoms with Crippen molar-refractivity contribution in [3.05, 3.63) is 53.3 Å². The van der Waals surface area contributed by atoms with E-state index in [1.165, 1.54) is 0 Å². The van der Waals surface area contributed by atoms with Gasteiger partial charge in [0.25, 0.3) is 5.91 Å². The van der Waals surface area contributed by atoms with E-state index in [0.29, 0.717) is 18.2 Å². The Balaban J connectivity index is 1.48. The maximum atomic E-state index is 12.1. The number of hydrogen-bond donors (Lipinski definition) is 2. The number of amides is 2. The van der Waals surface area contributed by atoms with E-state index >= 15 is 0 Å². The summed E-state index contributed by atoms with van der Waals surface area (Å²) in [5.41, 5.74) is 2.39. The second-order valence-electron chi connectivity index (χ2n) is 5.90. The van der Waals surface area contributed by atoms with Crippen LogP contribution in [0.15, 0.2) is 36.4 Å². The first-order chi connectivity index (χ1) is 11.1. The second-order valence-corrected chi connectivity index (χ2v) is 5.90. The number of likely N-dealkylation sites (N-methyl/N-ethyl adjacent to an activating group) is 1. The molecule has 0 unspecified atom stereocenters. The molecule has 2 N–H and O–H groups in total. The molecule has 1 aromatic carbocycles. The maximum Gasteiger partial charge on any atom is 0.272 e. The molecule has 1 aromatic heterocycles. The fraction of sp³-hybridized carbons (Fsp3) is 0.353. The van der Waals surface area contributed by atoms with Crippen LogP contribution in [0.25, 0.3) is 0 Å². The van der Waals surface area contributed by atoms with Crippen LogP contribution < -0.4 is 5.32 Å². The van der Waals surface area contributed by atoms with Gasteiger partial charge in [0.1, 0.15) is 5.69 Å². The molecular weight excluding hydrogens is 292 g/mol. The first-order valence-corrected chi connectivity index (χ1v) is 7.75. The van der Waals surface area contributed by atoms with Crippen LogP contribution in [0.4, 0.5) is 0 Å². The molecule has 1 fully saturated rings. The van der Waals surface area contributed by atoms with Crippen LogP contribution in [0, 0.1) is 0 Å². The minimum atomic E-state index is -0.324. The highest BCUT2D eigenvalue weighted by molar-refractivity contribution is 5.94. The van der Waals surface area contributed by atoms with E-state index in [9.17, 15) is 9.59 Å². The number of aromatic nitrogens is 2. The second kappa shape index (κ2) is 6.64. The lowest BCUT2D eigenvalue weighted by Crippen LogP contribution is -2.37. The van der Waals surface area contributed by atoms with E-state index in [4.69, 9.17) is 0 Å². The molecule has 0 bridgehead atoms. The Morgan fingerprint density at radius 1 is 1.30 bits per heavy atom. The molecule has 0 aliphatic heterocycles. The number of nitrogens with one attached hydrogen (secondary N) is 2. The summed E-state index contributed by atoms with van der Waals surface area (Å²) in [6.07, 6.45) is 2.29. The molecule has 120 valence electrons. The Kier molecular flexibility index (Phi) is 4.41. The van der Waals surface area contributed by atoms with Gasteiger partial charge in [0.15, 0.2) is 0 Å². The fourth-order valence-electron chi connectivity index (χ4n) is 2.38. The minimum Gasteiger partial charge on any atom is -0.342 e. The molecule has 23 heavy (non-hydrogen) atoms. The zero-order chi connectivity index (χ0) is 16.2. The molecule has 6 heteroatoms. The summed E-state index contributed by atoms with van der Waals surface area (Å²) < 4.78 is 0. The van der Waals surface area contributed by atoms with Crippen molar-refractivity contribution in [2.45, 2.75) is 25.3 Å². The topological polar surface area (TPSA) is 78.1 Å². The lowest BCUT2D eigenvalue weighted by Gasteiger charge is -2.17. The Morgan fingerprint density at radius 3 is 2.74 bits per heavy atom. The molecule has 1 aliphatic carbocycles. The summed E-state index contributed by atoms with van der Waals surface area (Å²) in [5, 5.41) is 9.52. The van der Waals surface area contributed by atoms with Gasteiger partial charge < -0.3 is 10.2 Å². The van der Waals surface area contributed by atoms with Gasteiger partial charge in [0.2, 0.25) is 5.91 Å². The molecule has 6 nitrogen and oxygen atoms in total. The van der Waals surface area contributed by atoms with Gasteiger partial charge in [-0.3, -0.25) is 14.7 Å². The van der Waals surface area contributed by atoms with E-state index < -0.39 is 0 Å². The number of hydrogen-bond acceptors (Lipinski definition) is 3. The smallest absolute Gasteiger partial charge is 0.272 e. The SMILES string of the molecule is CN(Cc1ccccc1)C(=O)CNC(=O)c1cc(C2CC2)[nH]n1. The van der Waals surface area contributed by atoms with E-state index in [-0.39, 0.29) is 18.4 Å². The standard InChI is InChI=1S/C17H20N4O2/c1-21(11-12-5-3-2-4-6-12)16(22)10-18-17(23)15-9-14(19-20-15)13-7-8-13/h2-6,9,13H,7-8,10-11H2,1H3,(H,18,23)(H,19,20). The van der Waals surface area contributed by atoms with Crippen molar-refractivity contribution in [2.75, 3.05) is 13.6 Å². The number of nitrogens with zero attached hydrogens (tertiary/aromatic N) is 2. The van der Waals surface area contributed by atoms with E-state index in [0.717, 1.165) is 24.1 Å². The lowest BCUT2D eigenvalue weighted by molar-refractivity contribution is -0.129. The zero-order valence-corrected chi connectivity index (χ0v) is 13.1. The third-order valence-electron chi connectivity index (χ3n) is 3.94. The van der Waals surface area contributed by atoms with Crippen molar-refractivity contribution < 1.29 is 9.59 Å². The van der Waals surface area contributed by atoms with E-state index in [1.54, 1.807) is 18.0 Å². The lowest BCUT2D eigenvalue weighted by atomic mass is 10.2. The summed E-state index contributed by atoms with van der Waals surface area (Å²) in [4.78, 5) is 25.7. The summed E-state index contributed by atoms with van der Waals surface area (Å²) in [7, 11) is 1.72. The Morgan fingerprint density at radius 2 is 2.04 bits per heavy atom. The monoisotopic (exact) mass is 312 g/mol. The first-order valence-electron chi connectivity index (χ1n) is 7.75. The number of H-pyrrole nitrogens is 1. The summed E-state index contributed by atoms with van der Waals surface area (Å²) in [6, 6.07) is 11.5. The van der Waals surface area contributed by atoms with E-state index in [1.807, 2.05) is 30.3 Å². The van der Waals surface area contributed by atoms with Gasteiger partial charge in [0, 0.05) is 25.2 Å². The van der Waals surface area contributed by atoms with Gasteiger partial charge in [0.05, 0.1) is 6.54 Å². The van der Waals surface area contributed by atoms with Crippen molar-refractivity contribution in [3.8, 4) is 0 Å². The van der Waals surface area contributed by atoms with Gasteiger partial charge >= 0.3 is 0 Å².